The van der Waals surface area contributed by atoms with Crippen molar-refractivity contribution in [2.45, 2.75) is 6.92 Å². The van der Waals surface area contributed by atoms with Gasteiger partial charge in [0.25, 0.3) is 0 Å². The Morgan fingerprint density at radius 3 is 2.90 bits per heavy atom. The molecule has 0 spiro atoms. The van der Waals surface area contributed by atoms with Crippen LogP contribution in [0, 0.1) is 0 Å². The van der Waals surface area contributed by atoms with E-state index in [-0.39, 0.29) is 26.5 Å². The van der Waals surface area contributed by atoms with Gasteiger partial charge in [-0.2, -0.15) is 4.98 Å². The first-order valence-electron chi connectivity index (χ1n) is 2.37. The van der Waals surface area contributed by atoms with Gasteiger partial charge in [-0.15, -0.1) is 0 Å². The first kappa shape index (κ1) is 9.34. The van der Waals surface area contributed by atoms with E-state index in [0.29, 0.717) is 0 Å². The summed E-state index contributed by atoms with van der Waals surface area (Å²) in [5.74, 6) is -0.433. The zero-order valence-corrected chi connectivity index (χ0v) is 6.70. The minimum absolute atomic E-state index is 0. The van der Waals surface area contributed by atoms with Gasteiger partial charge in [0.2, 0.25) is 0 Å². The molecule has 0 atom stereocenters. The summed E-state index contributed by atoms with van der Waals surface area (Å²) in [6.07, 6.45) is 2.72. The summed E-state index contributed by atoms with van der Waals surface area (Å²) in [7, 11) is 0. The Bertz CT molecular complexity index is 197. The number of aromatic nitrogens is 1. The molecule has 1 heterocycles. The molecule has 0 N–H and O–H groups in total. The number of oxazole rings is 1. The fourth-order valence-corrected chi connectivity index (χ4v) is 0.384. The van der Waals surface area contributed by atoms with E-state index in [2.05, 4.69) is 14.1 Å². The van der Waals surface area contributed by atoms with E-state index >= 15 is 0 Å². The van der Waals surface area contributed by atoms with Crippen LogP contribution in [0.5, 0.6) is 6.08 Å². The third-order valence-electron chi connectivity index (χ3n) is 0.641. The van der Waals surface area contributed by atoms with Crippen molar-refractivity contribution in [1.29, 1.82) is 0 Å². The van der Waals surface area contributed by atoms with Crippen LogP contribution in [0.2, 0.25) is 0 Å². The number of carbonyl (C=O) groups is 1. The Kier molecular flexibility index (Phi) is 3.93. The monoisotopic (exact) mass is 233 g/mol. The Hall–Kier alpha value is -0.658. The summed E-state index contributed by atoms with van der Waals surface area (Å²) in [4.78, 5) is 13.7. The molecule has 1 aromatic rings. The Labute approximate surface area is 71.2 Å². The summed E-state index contributed by atoms with van der Waals surface area (Å²) >= 11 is 0. The van der Waals surface area contributed by atoms with Gasteiger partial charge in [0, 0.05) is 27.3 Å². The van der Waals surface area contributed by atoms with Crippen molar-refractivity contribution in [3.05, 3.63) is 12.5 Å². The number of ether oxygens (including phenoxy) is 1. The first-order valence-corrected chi connectivity index (χ1v) is 2.37. The summed E-state index contributed by atoms with van der Waals surface area (Å²) in [5, 5.41) is 0. The van der Waals surface area contributed by atoms with Crippen LogP contribution in [0.4, 0.5) is 0 Å². The molecule has 1 rings (SSSR count). The van der Waals surface area contributed by atoms with E-state index in [1.54, 1.807) is 0 Å². The molecule has 1 aromatic heterocycles. The molecule has 0 saturated heterocycles. The number of nitrogens with zero attached hydrogens (tertiary/aromatic N) is 1. The summed E-state index contributed by atoms with van der Waals surface area (Å²) in [5.41, 5.74) is 0. The SMILES string of the molecule is CC(=O)Oc1ncco1.[Pd]. The van der Waals surface area contributed by atoms with Gasteiger partial charge in [-0.1, -0.05) is 0 Å². The van der Waals surface area contributed by atoms with Crippen molar-refractivity contribution in [1.82, 2.24) is 4.98 Å². The molecule has 5 heteroatoms. The Balaban J connectivity index is 0.000000810. The van der Waals surface area contributed by atoms with Gasteiger partial charge in [-0.25, -0.2) is 0 Å². The number of rotatable bonds is 1. The standard InChI is InChI=1S/C5H5NO3.Pd/c1-4(7)9-5-6-2-3-8-5;/h2-3H,1H3;. The molecular weight excluding hydrogens is 228 g/mol. The van der Waals surface area contributed by atoms with Crippen LogP contribution in [-0.4, -0.2) is 11.0 Å². The number of carbonyl (C=O) groups excluding carboxylic acids is 1. The molecule has 0 aliphatic heterocycles. The predicted octanol–water partition coefficient (Wildman–Crippen LogP) is 0.597. The fourth-order valence-electron chi connectivity index (χ4n) is 0.384. The Morgan fingerprint density at radius 2 is 2.50 bits per heavy atom. The molecular formula is C5H5NO3Pd. The molecule has 0 amide bonds. The van der Waals surface area contributed by atoms with E-state index in [1.165, 1.54) is 19.4 Å². The smallest absolute Gasteiger partial charge is 0.401 e. The molecule has 58 valence electrons. The van der Waals surface area contributed by atoms with E-state index < -0.39 is 5.97 Å². The second kappa shape index (κ2) is 4.20. The third kappa shape index (κ3) is 2.76. The van der Waals surface area contributed by atoms with Crippen LogP contribution in [0.15, 0.2) is 16.9 Å². The number of hydrogen-bond acceptors (Lipinski definition) is 4. The number of hydrogen-bond donors (Lipinski definition) is 0. The maximum Gasteiger partial charge on any atom is 0.401 e. The zero-order valence-electron chi connectivity index (χ0n) is 5.14. The van der Waals surface area contributed by atoms with Gasteiger partial charge in [0.05, 0.1) is 6.20 Å². The van der Waals surface area contributed by atoms with Crippen molar-refractivity contribution in [2.75, 3.05) is 0 Å². The fraction of sp³-hybridized carbons (Fsp3) is 0.200. The predicted molar refractivity (Wildman–Crippen MR) is 27.8 cm³/mol. The Morgan fingerprint density at radius 1 is 1.80 bits per heavy atom. The maximum atomic E-state index is 10.2. The molecule has 10 heavy (non-hydrogen) atoms. The average Bonchev–Trinajstić information content (AvgIpc) is 2.15. The molecule has 0 saturated carbocycles. The van der Waals surface area contributed by atoms with Gasteiger partial charge >= 0.3 is 12.0 Å². The van der Waals surface area contributed by atoms with E-state index in [4.69, 9.17) is 0 Å². The third-order valence-corrected chi connectivity index (χ3v) is 0.641. The van der Waals surface area contributed by atoms with Gasteiger partial charge in [0.15, 0.2) is 0 Å². The maximum absolute atomic E-state index is 10.2. The summed E-state index contributed by atoms with van der Waals surface area (Å²) in [6.45, 7) is 1.28. The van der Waals surface area contributed by atoms with Crippen molar-refractivity contribution in [3.8, 4) is 6.08 Å². The van der Waals surface area contributed by atoms with Crippen LogP contribution < -0.4 is 4.74 Å². The molecule has 0 aromatic carbocycles. The largest absolute Gasteiger partial charge is 0.417 e. The van der Waals surface area contributed by atoms with Gasteiger partial charge < -0.3 is 9.15 Å². The van der Waals surface area contributed by atoms with Crippen LogP contribution >= 0.6 is 0 Å². The van der Waals surface area contributed by atoms with Crippen molar-refractivity contribution in [3.63, 3.8) is 0 Å². The molecule has 0 aliphatic rings. The molecule has 0 unspecified atom stereocenters. The minimum atomic E-state index is -0.433. The molecule has 0 aliphatic carbocycles. The van der Waals surface area contributed by atoms with E-state index in [0.717, 1.165) is 0 Å². The molecule has 0 radical (unpaired) electrons. The second-order valence-corrected chi connectivity index (χ2v) is 1.39. The second-order valence-electron chi connectivity index (χ2n) is 1.39. The van der Waals surface area contributed by atoms with Crippen LogP contribution in [-0.2, 0) is 25.2 Å². The zero-order chi connectivity index (χ0) is 6.69. The first-order chi connectivity index (χ1) is 4.29. The van der Waals surface area contributed by atoms with Crippen LogP contribution in [0.1, 0.15) is 6.92 Å². The molecule has 0 fully saturated rings. The van der Waals surface area contributed by atoms with Crippen LogP contribution in [0.3, 0.4) is 0 Å². The van der Waals surface area contributed by atoms with Crippen molar-refractivity contribution in [2.24, 2.45) is 0 Å². The van der Waals surface area contributed by atoms with Gasteiger partial charge in [-0.3, -0.25) is 4.79 Å². The van der Waals surface area contributed by atoms with E-state index in [9.17, 15) is 4.79 Å². The topological polar surface area (TPSA) is 52.3 Å². The summed E-state index contributed by atoms with van der Waals surface area (Å²) in [6, 6.07) is 0. The molecule has 4 nitrogen and oxygen atoms in total. The number of esters is 1. The van der Waals surface area contributed by atoms with Crippen LogP contribution in [0.25, 0.3) is 0 Å². The summed E-state index contributed by atoms with van der Waals surface area (Å²) < 4.78 is 9.03. The quantitative estimate of drug-likeness (QED) is 0.526. The van der Waals surface area contributed by atoms with Crippen molar-refractivity contribution >= 4 is 5.97 Å². The van der Waals surface area contributed by atoms with E-state index in [1.807, 2.05) is 0 Å². The minimum Gasteiger partial charge on any atom is -0.417 e. The van der Waals surface area contributed by atoms with Gasteiger partial charge in [-0.05, 0) is 0 Å². The molecule has 0 bridgehead atoms. The average molecular weight is 234 g/mol. The van der Waals surface area contributed by atoms with Crippen molar-refractivity contribution < 1.29 is 34.4 Å². The normalized spacial score (nSPS) is 8.10. The van der Waals surface area contributed by atoms with Gasteiger partial charge in [0.1, 0.15) is 6.26 Å².